The van der Waals surface area contributed by atoms with Gasteiger partial charge in [0.1, 0.15) is 11.3 Å². The summed E-state index contributed by atoms with van der Waals surface area (Å²) >= 11 is 5.94. The molecule has 4 aromatic rings. The first kappa shape index (κ1) is 20.0. The Morgan fingerprint density at radius 2 is 1.87 bits per heavy atom. The third-order valence-electron chi connectivity index (χ3n) is 4.78. The van der Waals surface area contributed by atoms with Crippen LogP contribution < -0.4 is 10.1 Å². The predicted octanol–water partition coefficient (Wildman–Crippen LogP) is 6.09. The molecule has 4 rings (SSSR count). The minimum absolute atomic E-state index is 0.104. The Bertz CT molecular complexity index is 1250. The average Bonchev–Trinajstić information content (AvgIpc) is 3.10. The van der Waals surface area contributed by atoms with Crippen LogP contribution in [0.3, 0.4) is 0 Å². The van der Waals surface area contributed by atoms with Gasteiger partial charge in [0.15, 0.2) is 12.2 Å². The number of ether oxygens (including phenoxy) is 1. The van der Waals surface area contributed by atoms with Crippen molar-refractivity contribution >= 4 is 34.3 Å². The maximum absolute atomic E-state index is 12.3. The third-order valence-corrected chi connectivity index (χ3v) is 5.01. The van der Waals surface area contributed by atoms with Crippen molar-refractivity contribution < 1.29 is 13.9 Å². The molecule has 0 fully saturated rings. The van der Waals surface area contributed by atoms with Gasteiger partial charge < -0.3 is 14.5 Å². The summed E-state index contributed by atoms with van der Waals surface area (Å²) < 4.78 is 11.5. The van der Waals surface area contributed by atoms with Crippen molar-refractivity contribution in [2.45, 2.75) is 20.8 Å². The number of hydrogen-bond donors (Lipinski definition) is 1. The molecule has 0 atom stereocenters. The van der Waals surface area contributed by atoms with Crippen LogP contribution in [0.5, 0.6) is 5.75 Å². The fraction of sp³-hybridized carbons (Fsp3) is 0.167. The Hall–Kier alpha value is -3.31. The zero-order valence-corrected chi connectivity index (χ0v) is 17.7. The summed E-state index contributed by atoms with van der Waals surface area (Å²) in [5, 5.41) is 3.46. The highest BCUT2D eigenvalue weighted by atomic mass is 35.5. The van der Waals surface area contributed by atoms with Crippen LogP contribution >= 0.6 is 11.6 Å². The average molecular weight is 421 g/mol. The SMILES string of the molecule is Cc1ccc(-c2nc3cc(NC(=O)COc4ccc(Cl)cc4C)ccc3o2)c(C)c1. The number of anilines is 1. The highest BCUT2D eigenvalue weighted by Gasteiger charge is 2.12. The lowest BCUT2D eigenvalue weighted by molar-refractivity contribution is -0.118. The van der Waals surface area contributed by atoms with Gasteiger partial charge in [0, 0.05) is 16.3 Å². The molecule has 0 bridgehead atoms. The number of rotatable bonds is 5. The highest BCUT2D eigenvalue weighted by Crippen LogP contribution is 2.29. The lowest BCUT2D eigenvalue weighted by atomic mass is 10.1. The molecule has 0 spiro atoms. The van der Waals surface area contributed by atoms with Crippen LogP contribution in [0, 0.1) is 20.8 Å². The van der Waals surface area contributed by atoms with Crippen LogP contribution in [0.4, 0.5) is 5.69 Å². The van der Waals surface area contributed by atoms with E-state index in [1.54, 1.807) is 36.4 Å². The second-order valence-electron chi connectivity index (χ2n) is 7.27. The number of aryl methyl sites for hydroxylation is 3. The van der Waals surface area contributed by atoms with Gasteiger partial charge in [0.05, 0.1) is 0 Å². The van der Waals surface area contributed by atoms with Crippen LogP contribution in [0.25, 0.3) is 22.6 Å². The van der Waals surface area contributed by atoms with Gasteiger partial charge in [0.2, 0.25) is 5.89 Å². The molecule has 1 N–H and O–H groups in total. The summed E-state index contributed by atoms with van der Waals surface area (Å²) in [6.45, 7) is 5.86. The quantitative estimate of drug-likeness (QED) is 0.424. The fourth-order valence-corrected chi connectivity index (χ4v) is 3.52. The molecule has 1 heterocycles. The molecular weight excluding hydrogens is 400 g/mol. The van der Waals surface area contributed by atoms with E-state index in [-0.39, 0.29) is 12.5 Å². The zero-order chi connectivity index (χ0) is 21.3. The molecule has 0 aliphatic heterocycles. The van der Waals surface area contributed by atoms with E-state index < -0.39 is 0 Å². The van der Waals surface area contributed by atoms with Crippen molar-refractivity contribution in [3.63, 3.8) is 0 Å². The number of carbonyl (C=O) groups excluding carboxylic acids is 1. The van der Waals surface area contributed by atoms with Crippen LogP contribution in [0.1, 0.15) is 16.7 Å². The topological polar surface area (TPSA) is 64.4 Å². The van der Waals surface area contributed by atoms with E-state index in [0.717, 1.165) is 16.7 Å². The number of nitrogens with one attached hydrogen (secondary N) is 1. The molecule has 3 aromatic carbocycles. The lowest BCUT2D eigenvalue weighted by Crippen LogP contribution is -2.20. The van der Waals surface area contributed by atoms with Crippen molar-refractivity contribution in [1.82, 2.24) is 4.98 Å². The van der Waals surface area contributed by atoms with Crippen molar-refractivity contribution in [1.29, 1.82) is 0 Å². The maximum Gasteiger partial charge on any atom is 0.262 e. The van der Waals surface area contributed by atoms with Gasteiger partial charge in [-0.05, 0) is 74.4 Å². The molecule has 0 radical (unpaired) electrons. The van der Waals surface area contributed by atoms with Crippen LogP contribution in [-0.4, -0.2) is 17.5 Å². The Kier molecular flexibility index (Phi) is 5.46. The van der Waals surface area contributed by atoms with E-state index in [2.05, 4.69) is 23.3 Å². The van der Waals surface area contributed by atoms with E-state index in [1.807, 2.05) is 26.0 Å². The monoisotopic (exact) mass is 420 g/mol. The van der Waals surface area contributed by atoms with E-state index in [9.17, 15) is 4.79 Å². The van der Waals surface area contributed by atoms with E-state index in [0.29, 0.717) is 33.4 Å². The normalized spacial score (nSPS) is 10.9. The first-order valence-corrected chi connectivity index (χ1v) is 9.94. The molecule has 0 unspecified atom stereocenters. The van der Waals surface area contributed by atoms with Gasteiger partial charge in [-0.2, -0.15) is 0 Å². The van der Waals surface area contributed by atoms with Gasteiger partial charge >= 0.3 is 0 Å². The second kappa shape index (κ2) is 8.20. The number of aromatic nitrogens is 1. The van der Waals surface area contributed by atoms with Crippen molar-refractivity contribution in [3.05, 3.63) is 76.3 Å². The molecule has 1 amide bonds. The summed E-state index contributed by atoms with van der Waals surface area (Å²) in [4.78, 5) is 16.9. The summed E-state index contributed by atoms with van der Waals surface area (Å²) in [6, 6.07) is 16.8. The Morgan fingerprint density at radius 1 is 1.03 bits per heavy atom. The number of nitrogens with zero attached hydrogens (tertiary/aromatic N) is 1. The summed E-state index contributed by atoms with van der Waals surface area (Å²) in [5.74, 6) is 0.925. The molecule has 6 heteroatoms. The molecule has 0 saturated carbocycles. The Morgan fingerprint density at radius 3 is 2.63 bits per heavy atom. The highest BCUT2D eigenvalue weighted by molar-refractivity contribution is 6.30. The first-order valence-electron chi connectivity index (χ1n) is 9.56. The number of amides is 1. The number of benzene rings is 3. The number of hydrogen-bond acceptors (Lipinski definition) is 4. The zero-order valence-electron chi connectivity index (χ0n) is 17.0. The van der Waals surface area contributed by atoms with Crippen molar-refractivity contribution in [3.8, 4) is 17.2 Å². The lowest BCUT2D eigenvalue weighted by Gasteiger charge is -2.09. The maximum atomic E-state index is 12.3. The fourth-order valence-electron chi connectivity index (χ4n) is 3.29. The van der Waals surface area contributed by atoms with E-state index >= 15 is 0 Å². The van der Waals surface area contributed by atoms with Crippen LogP contribution in [-0.2, 0) is 4.79 Å². The smallest absolute Gasteiger partial charge is 0.262 e. The number of halogens is 1. The Labute approximate surface area is 179 Å². The molecule has 5 nitrogen and oxygen atoms in total. The van der Waals surface area contributed by atoms with Gasteiger partial charge in [-0.3, -0.25) is 4.79 Å². The van der Waals surface area contributed by atoms with Crippen LogP contribution in [0.2, 0.25) is 5.02 Å². The number of fused-ring (bicyclic) bond motifs is 1. The van der Waals surface area contributed by atoms with Crippen LogP contribution in [0.15, 0.2) is 59.0 Å². The van der Waals surface area contributed by atoms with Gasteiger partial charge in [-0.1, -0.05) is 29.3 Å². The van der Waals surface area contributed by atoms with Gasteiger partial charge in [-0.15, -0.1) is 0 Å². The molecule has 0 aliphatic carbocycles. The summed E-state index contributed by atoms with van der Waals surface area (Å²) in [5.41, 5.74) is 6.09. The molecule has 0 aliphatic rings. The number of carbonyl (C=O) groups is 1. The molecule has 1 aromatic heterocycles. The molecular formula is C24H21ClN2O3. The first-order chi connectivity index (χ1) is 14.4. The minimum Gasteiger partial charge on any atom is -0.483 e. The van der Waals surface area contributed by atoms with E-state index in [1.165, 1.54) is 5.56 Å². The standard InChI is InChI=1S/C24H21ClN2O3/c1-14-4-7-19(15(2)10-14)24-27-20-12-18(6-9-22(20)30-24)26-23(28)13-29-21-8-5-17(25)11-16(21)3/h4-12H,13H2,1-3H3,(H,26,28). The van der Waals surface area contributed by atoms with Crippen molar-refractivity contribution in [2.75, 3.05) is 11.9 Å². The van der Waals surface area contributed by atoms with Gasteiger partial charge in [-0.25, -0.2) is 4.98 Å². The third kappa shape index (κ3) is 4.31. The molecule has 152 valence electrons. The molecule has 30 heavy (non-hydrogen) atoms. The second-order valence-corrected chi connectivity index (χ2v) is 7.70. The largest absolute Gasteiger partial charge is 0.483 e. The minimum atomic E-state index is -0.262. The van der Waals surface area contributed by atoms with Gasteiger partial charge in [0.25, 0.3) is 5.91 Å². The van der Waals surface area contributed by atoms with E-state index in [4.69, 9.17) is 20.8 Å². The Balaban J connectivity index is 1.47. The predicted molar refractivity (Wildman–Crippen MR) is 119 cm³/mol. The van der Waals surface area contributed by atoms with Crippen molar-refractivity contribution in [2.24, 2.45) is 0 Å². The summed E-state index contributed by atoms with van der Waals surface area (Å²) in [6.07, 6.45) is 0. The summed E-state index contributed by atoms with van der Waals surface area (Å²) in [7, 11) is 0. The molecule has 0 saturated heterocycles. The number of oxazole rings is 1.